The molecule has 1 heterocycles. The van der Waals surface area contributed by atoms with Crippen molar-refractivity contribution in [3.63, 3.8) is 0 Å². The highest BCUT2D eigenvalue weighted by Gasteiger charge is 2.22. The van der Waals surface area contributed by atoms with Gasteiger partial charge in [-0.1, -0.05) is 6.92 Å². The Bertz CT molecular complexity index is 142. The largest absolute Gasteiger partial charge is 0.392 e. The highest BCUT2D eigenvalue weighted by atomic mass is 16.5. The third-order valence-corrected chi connectivity index (χ3v) is 2.44. The second kappa shape index (κ2) is 4.94. The van der Waals surface area contributed by atoms with Gasteiger partial charge in [-0.3, -0.25) is 4.90 Å². The summed E-state index contributed by atoms with van der Waals surface area (Å²) in [6, 6.07) is 0. The Balaban J connectivity index is 2.32. The summed E-state index contributed by atoms with van der Waals surface area (Å²) in [6.07, 6.45) is 1.25. The average molecular weight is 187 g/mol. The molecule has 0 aromatic carbocycles. The molecule has 1 rings (SSSR count). The van der Waals surface area contributed by atoms with Gasteiger partial charge in [0.15, 0.2) is 0 Å². The van der Waals surface area contributed by atoms with E-state index < -0.39 is 0 Å². The number of aliphatic hydroxyl groups is 1. The van der Waals surface area contributed by atoms with Crippen LogP contribution >= 0.6 is 0 Å². The fourth-order valence-corrected chi connectivity index (χ4v) is 1.86. The first-order valence-corrected chi connectivity index (χ1v) is 5.17. The van der Waals surface area contributed by atoms with Crippen molar-refractivity contribution in [3.05, 3.63) is 0 Å². The molecule has 0 saturated carbocycles. The first-order chi connectivity index (χ1) is 6.11. The Morgan fingerprint density at radius 3 is 2.38 bits per heavy atom. The number of nitrogens with zero attached hydrogens (tertiary/aromatic N) is 1. The van der Waals surface area contributed by atoms with Gasteiger partial charge in [-0.05, 0) is 20.3 Å². The fourth-order valence-electron chi connectivity index (χ4n) is 1.86. The van der Waals surface area contributed by atoms with E-state index in [4.69, 9.17) is 4.74 Å². The van der Waals surface area contributed by atoms with E-state index in [1.165, 1.54) is 0 Å². The summed E-state index contributed by atoms with van der Waals surface area (Å²) < 4.78 is 5.61. The number of aliphatic hydroxyl groups excluding tert-OH is 1. The Morgan fingerprint density at radius 2 is 1.92 bits per heavy atom. The number of hydrogen-bond donors (Lipinski definition) is 1. The van der Waals surface area contributed by atoms with Gasteiger partial charge in [0.25, 0.3) is 0 Å². The molecule has 13 heavy (non-hydrogen) atoms. The summed E-state index contributed by atoms with van der Waals surface area (Å²) in [4.78, 5) is 2.28. The van der Waals surface area contributed by atoms with Gasteiger partial charge in [-0.2, -0.15) is 0 Å². The second-order valence-electron chi connectivity index (χ2n) is 4.04. The number of morpholine rings is 1. The van der Waals surface area contributed by atoms with Crippen molar-refractivity contribution in [1.82, 2.24) is 4.90 Å². The number of ether oxygens (including phenoxy) is 1. The van der Waals surface area contributed by atoms with Crippen LogP contribution in [0.5, 0.6) is 0 Å². The lowest BCUT2D eigenvalue weighted by atomic mass is 10.2. The molecule has 1 N–H and O–H groups in total. The first kappa shape index (κ1) is 11.0. The van der Waals surface area contributed by atoms with E-state index in [1.807, 2.05) is 6.92 Å². The van der Waals surface area contributed by atoms with Gasteiger partial charge in [0.1, 0.15) is 0 Å². The molecule has 78 valence electrons. The lowest BCUT2D eigenvalue weighted by Crippen LogP contribution is -2.47. The van der Waals surface area contributed by atoms with Crippen LogP contribution in [0.2, 0.25) is 0 Å². The molecular weight excluding hydrogens is 166 g/mol. The molecule has 1 saturated heterocycles. The van der Waals surface area contributed by atoms with Crippen LogP contribution < -0.4 is 0 Å². The standard InChI is InChI=1S/C10H21NO2/c1-4-10(12)7-11-5-8(2)13-9(3)6-11/h8-10,12H,4-7H2,1-3H3/t8?,9?,10-/m0/s1. The highest BCUT2D eigenvalue weighted by molar-refractivity contribution is 4.74. The van der Waals surface area contributed by atoms with Crippen molar-refractivity contribution in [2.75, 3.05) is 19.6 Å². The molecule has 0 amide bonds. The summed E-state index contributed by atoms with van der Waals surface area (Å²) in [5.41, 5.74) is 0. The maximum absolute atomic E-state index is 9.50. The van der Waals surface area contributed by atoms with Crippen LogP contribution in [0.15, 0.2) is 0 Å². The number of rotatable bonds is 3. The molecule has 0 aromatic heterocycles. The maximum atomic E-state index is 9.50. The first-order valence-electron chi connectivity index (χ1n) is 5.17. The summed E-state index contributed by atoms with van der Waals surface area (Å²) >= 11 is 0. The molecular formula is C10H21NO2. The van der Waals surface area contributed by atoms with Gasteiger partial charge >= 0.3 is 0 Å². The van der Waals surface area contributed by atoms with Crippen LogP contribution in [0.4, 0.5) is 0 Å². The third kappa shape index (κ3) is 3.63. The normalized spacial score (nSPS) is 33.2. The maximum Gasteiger partial charge on any atom is 0.0678 e. The van der Waals surface area contributed by atoms with E-state index in [0.29, 0.717) is 12.2 Å². The molecule has 0 bridgehead atoms. The van der Waals surface area contributed by atoms with E-state index >= 15 is 0 Å². The van der Waals surface area contributed by atoms with Crippen molar-refractivity contribution in [3.8, 4) is 0 Å². The Hall–Kier alpha value is -0.120. The van der Waals surface area contributed by atoms with Gasteiger partial charge in [0, 0.05) is 19.6 Å². The molecule has 3 heteroatoms. The van der Waals surface area contributed by atoms with Gasteiger partial charge in [-0.15, -0.1) is 0 Å². The number of β-amino-alcohol motifs (C(OH)–C–C–N with tert-alkyl or cyclic N) is 1. The molecule has 1 aliphatic heterocycles. The molecule has 1 aliphatic rings. The van der Waals surface area contributed by atoms with Gasteiger partial charge in [0.05, 0.1) is 18.3 Å². The summed E-state index contributed by atoms with van der Waals surface area (Å²) in [7, 11) is 0. The SMILES string of the molecule is CC[C@H](O)CN1CC(C)OC(C)C1. The van der Waals surface area contributed by atoms with Crippen molar-refractivity contribution < 1.29 is 9.84 Å². The van der Waals surface area contributed by atoms with Crippen LogP contribution in [0.1, 0.15) is 27.2 Å². The van der Waals surface area contributed by atoms with Crippen LogP contribution in [0.3, 0.4) is 0 Å². The average Bonchev–Trinajstić information content (AvgIpc) is 2.02. The lowest BCUT2D eigenvalue weighted by molar-refractivity contribution is -0.0765. The van der Waals surface area contributed by atoms with E-state index in [2.05, 4.69) is 18.7 Å². The predicted octanol–water partition coefficient (Wildman–Crippen LogP) is 0.866. The minimum Gasteiger partial charge on any atom is -0.392 e. The second-order valence-corrected chi connectivity index (χ2v) is 4.04. The summed E-state index contributed by atoms with van der Waals surface area (Å²) in [5, 5.41) is 9.50. The Morgan fingerprint density at radius 1 is 1.38 bits per heavy atom. The van der Waals surface area contributed by atoms with Crippen LogP contribution in [-0.2, 0) is 4.74 Å². The lowest BCUT2D eigenvalue weighted by Gasteiger charge is -2.36. The quantitative estimate of drug-likeness (QED) is 0.711. The third-order valence-electron chi connectivity index (χ3n) is 2.44. The summed E-state index contributed by atoms with van der Waals surface area (Å²) in [6.45, 7) is 8.86. The van der Waals surface area contributed by atoms with Crippen LogP contribution in [0, 0.1) is 0 Å². The zero-order valence-corrected chi connectivity index (χ0v) is 8.86. The van der Waals surface area contributed by atoms with E-state index in [1.54, 1.807) is 0 Å². The van der Waals surface area contributed by atoms with Crippen molar-refractivity contribution in [1.29, 1.82) is 0 Å². The Labute approximate surface area is 80.7 Å². The molecule has 0 radical (unpaired) electrons. The van der Waals surface area contributed by atoms with Crippen molar-refractivity contribution in [2.45, 2.75) is 45.5 Å². The van der Waals surface area contributed by atoms with Gasteiger partial charge in [-0.25, -0.2) is 0 Å². The fraction of sp³-hybridized carbons (Fsp3) is 1.00. The van der Waals surface area contributed by atoms with Crippen molar-refractivity contribution in [2.24, 2.45) is 0 Å². The van der Waals surface area contributed by atoms with E-state index in [9.17, 15) is 5.11 Å². The van der Waals surface area contributed by atoms with E-state index in [0.717, 1.165) is 26.1 Å². The highest BCUT2D eigenvalue weighted by Crippen LogP contribution is 2.11. The molecule has 0 aliphatic carbocycles. The molecule has 0 spiro atoms. The molecule has 3 atom stereocenters. The molecule has 3 nitrogen and oxygen atoms in total. The monoisotopic (exact) mass is 187 g/mol. The topological polar surface area (TPSA) is 32.7 Å². The zero-order chi connectivity index (χ0) is 9.84. The van der Waals surface area contributed by atoms with E-state index in [-0.39, 0.29) is 6.10 Å². The number of hydrogen-bond acceptors (Lipinski definition) is 3. The predicted molar refractivity (Wildman–Crippen MR) is 52.7 cm³/mol. The van der Waals surface area contributed by atoms with Crippen LogP contribution in [0.25, 0.3) is 0 Å². The Kier molecular flexibility index (Phi) is 4.16. The minimum absolute atomic E-state index is 0.183. The van der Waals surface area contributed by atoms with Gasteiger partial charge in [0.2, 0.25) is 0 Å². The van der Waals surface area contributed by atoms with Crippen molar-refractivity contribution >= 4 is 0 Å². The zero-order valence-electron chi connectivity index (χ0n) is 8.86. The minimum atomic E-state index is -0.183. The molecule has 2 unspecified atom stereocenters. The molecule has 0 aromatic rings. The summed E-state index contributed by atoms with van der Waals surface area (Å²) in [5.74, 6) is 0. The smallest absolute Gasteiger partial charge is 0.0678 e. The van der Waals surface area contributed by atoms with Gasteiger partial charge < -0.3 is 9.84 Å². The van der Waals surface area contributed by atoms with Crippen LogP contribution in [-0.4, -0.2) is 48.0 Å². The molecule has 1 fully saturated rings.